The third kappa shape index (κ3) is 4.67. The predicted octanol–water partition coefficient (Wildman–Crippen LogP) is 3.51. The molecule has 0 aromatic heterocycles. The molecule has 0 aliphatic heterocycles. The first-order valence-corrected chi connectivity index (χ1v) is 7.24. The number of nitrogens with one attached hydrogen (secondary N) is 1. The summed E-state index contributed by atoms with van der Waals surface area (Å²) in [6, 6.07) is 12.9. The van der Waals surface area contributed by atoms with Gasteiger partial charge in [-0.3, -0.25) is 9.69 Å². The molecule has 0 aliphatic carbocycles. The monoisotopic (exact) mass is 300 g/mol. The summed E-state index contributed by atoms with van der Waals surface area (Å²) in [4.78, 5) is 13.9. The average molecular weight is 300 g/mol. The number of anilines is 1. The quantitative estimate of drug-likeness (QED) is 0.916. The Bertz CT molecular complexity index is 653. The molecule has 116 valence electrons. The lowest BCUT2D eigenvalue weighted by molar-refractivity contribution is -0.117. The lowest BCUT2D eigenvalue weighted by atomic mass is 10.1. The van der Waals surface area contributed by atoms with Gasteiger partial charge in [0.2, 0.25) is 5.91 Å². The molecule has 0 saturated heterocycles. The highest BCUT2D eigenvalue weighted by Gasteiger charge is 2.10. The van der Waals surface area contributed by atoms with Crippen LogP contribution in [0.3, 0.4) is 0 Å². The number of benzene rings is 2. The molecule has 0 saturated carbocycles. The van der Waals surface area contributed by atoms with E-state index in [2.05, 4.69) is 5.32 Å². The third-order valence-corrected chi connectivity index (χ3v) is 3.39. The van der Waals surface area contributed by atoms with Crippen LogP contribution in [-0.2, 0) is 11.3 Å². The van der Waals surface area contributed by atoms with Gasteiger partial charge in [-0.15, -0.1) is 0 Å². The van der Waals surface area contributed by atoms with E-state index in [1.165, 1.54) is 11.6 Å². The molecule has 0 unspecified atom stereocenters. The van der Waals surface area contributed by atoms with Crippen molar-refractivity contribution in [3.63, 3.8) is 0 Å². The summed E-state index contributed by atoms with van der Waals surface area (Å²) < 4.78 is 13.7. The van der Waals surface area contributed by atoms with E-state index in [4.69, 9.17) is 0 Å². The van der Waals surface area contributed by atoms with E-state index >= 15 is 0 Å². The van der Waals surface area contributed by atoms with Crippen LogP contribution in [0.1, 0.15) is 16.7 Å². The maximum atomic E-state index is 13.7. The molecule has 2 aromatic rings. The molecule has 0 spiro atoms. The van der Waals surface area contributed by atoms with Crippen LogP contribution in [0.25, 0.3) is 0 Å². The summed E-state index contributed by atoms with van der Waals surface area (Å²) in [7, 11) is 1.87. The summed E-state index contributed by atoms with van der Waals surface area (Å²) in [5, 5.41) is 2.61. The van der Waals surface area contributed by atoms with Crippen molar-refractivity contribution in [3.8, 4) is 0 Å². The number of rotatable bonds is 5. The molecule has 0 aliphatic rings. The van der Waals surface area contributed by atoms with Crippen molar-refractivity contribution in [2.75, 3.05) is 18.9 Å². The minimum absolute atomic E-state index is 0.210. The van der Waals surface area contributed by atoms with Gasteiger partial charge in [0.1, 0.15) is 5.82 Å². The summed E-state index contributed by atoms with van der Waals surface area (Å²) >= 11 is 0. The highest BCUT2D eigenvalue weighted by atomic mass is 19.1. The van der Waals surface area contributed by atoms with Crippen molar-refractivity contribution in [2.24, 2.45) is 0 Å². The molecule has 1 amide bonds. The SMILES string of the molecule is Cc1ccc(CN(C)CC(=O)Nc2ccc(C)cc2F)cc1. The summed E-state index contributed by atoms with van der Waals surface area (Å²) in [5.74, 6) is -0.632. The molecular formula is C18H21FN2O. The van der Waals surface area contributed by atoms with E-state index in [1.807, 2.05) is 50.1 Å². The van der Waals surface area contributed by atoms with Crippen LogP contribution in [0, 0.1) is 19.7 Å². The van der Waals surface area contributed by atoms with Crippen LogP contribution in [-0.4, -0.2) is 24.4 Å². The topological polar surface area (TPSA) is 32.3 Å². The Morgan fingerprint density at radius 1 is 1.09 bits per heavy atom. The van der Waals surface area contributed by atoms with Gasteiger partial charge in [0.15, 0.2) is 0 Å². The van der Waals surface area contributed by atoms with Crippen molar-refractivity contribution in [1.82, 2.24) is 4.90 Å². The Hall–Kier alpha value is -2.20. The number of nitrogens with zero attached hydrogens (tertiary/aromatic N) is 1. The molecule has 0 atom stereocenters. The Morgan fingerprint density at radius 3 is 2.36 bits per heavy atom. The molecule has 0 radical (unpaired) electrons. The zero-order valence-electron chi connectivity index (χ0n) is 13.2. The molecular weight excluding hydrogens is 279 g/mol. The van der Waals surface area contributed by atoms with Gasteiger partial charge in [-0.2, -0.15) is 0 Å². The fraction of sp³-hybridized carbons (Fsp3) is 0.278. The number of halogens is 1. The van der Waals surface area contributed by atoms with Gasteiger partial charge >= 0.3 is 0 Å². The highest BCUT2D eigenvalue weighted by molar-refractivity contribution is 5.92. The molecule has 2 rings (SSSR count). The first kappa shape index (κ1) is 16.2. The Labute approximate surface area is 130 Å². The molecule has 1 N–H and O–H groups in total. The van der Waals surface area contributed by atoms with E-state index in [0.717, 1.165) is 11.1 Å². The van der Waals surface area contributed by atoms with Gasteiger partial charge in [-0.05, 0) is 44.2 Å². The number of amides is 1. The van der Waals surface area contributed by atoms with Gasteiger partial charge in [0, 0.05) is 6.54 Å². The molecule has 4 heteroatoms. The number of aryl methyl sites for hydroxylation is 2. The van der Waals surface area contributed by atoms with E-state index in [1.54, 1.807) is 12.1 Å². The van der Waals surface area contributed by atoms with Crippen LogP contribution < -0.4 is 5.32 Å². The predicted molar refractivity (Wildman–Crippen MR) is 87.3 cm³/mol. The van der Waals surface area contributed by atoms with E-state index < -0.39 is 5.82 Å². The van der Waals surface area contributed by atoms with Gasteiger partial charge < -0.3 is 5.32 Å². The molecule has 2 aromatic carbocycles. The normalized spacial score (nSPS) is 10.8. The maximum Gasteiger partial charge on any atom is 0.238 e. The van der Waals surface area contributed by atoms with Crippen LogP contribution in [0.2, 0.25) is 0 Å². The first-order valence-electron chi connectivity index (χ1n) is 7.24. The molecule has 0 bridgehead atoms. The fourth-order valence-corrected chi connectivity index (χ4v) is 2.22. The van der Waals surface area contributed by atoms with Gasteiger partial charge in [-0.25, -0.2) is 4.39 Å². The standard InChI is InChI=1S/C18H21FN2O/c1-13-4-7-15(8-5-13)11-21(3)12-18(22)20-17-9-6-14(2)10-16(17)19/h4-10H,11-12H2,1-3H3,(H,20,22). The second-order valence-electron chi connectivity index (χ2n) is 5.69. The molecule has 0 heterocycles. The van der Waals surface area contributed by atoms with Crippen molar-refractivity contribution in [1.29, 1.82) is 0 Å². The smallest absolute Gasteiger partial charge is 0.238 e. The zero-order chi connectivity index (χ0) is 16.1. The Balaban J connectivity index is 1.89. The second-order valence-corrected chi connectivity index (χ2v) is 5.69. The van der Waals surface area contributed by atoms with Gasteiger partial charge in [-0.1, -0.05) is 35.9 Å². The van der Waals surface area contributed by atoms with E-state index in [9.17, 15) is 9.18 Å². The summed E-state index contributed by atoms with van der Waals surface area (Å²) in [6.45, 7) is 4.73. The highest BCUT2D eigenvalue weighted by Crippen LogP contribution is 2.15. The summed E-state index contributed by atoms with van der Waals surface area (Å²) in [6.07, 6.45) is 0. The van der Waals surface area contributed by atoms with Crippen molar-refractivity contribution >= 4 is 11.6 Å². The minimum Gasteiger partial charge on any atom is -0.322 e. The number of hydrogen-bond donors (Lipinski definition) is 1. The van der Waals surface area contributed by atoms with Crippen molar-refractivity contribution in [3.05, 3.63) is 65.0 Å². The van der Waals surface area contributed by atoms with Gasteiger partial charge in [0.25, 0.3) is 0 Å². The van der Waals surface area contributed by atoms with Crippen molar-refractivity contribution < 1.29 is 9.18 Å². The number of likely N-dealkylation sites (N-methyl/N-ethyl adjacent to an activating group) is 1. The third-order valence-electron chi connectivity index (χ3n) is 3.39. The van der Waals surface area contributed by atoms with Crippen LogP contribution in [0.5, 0.6) is 0 Å². The van der Waals surface area contributed by atoms with E-state index in [0.29, 0.717) is 6.54 Å². The maximum absolute atomic E-state index is 13.7. The molecule has 22 heavy (non-hydrogen) atoms. The molecule has 0 fully saturated rings. The lowest BCUT2D eigenvalue weighted by Gasteiger charge is -2.16. The fourth-order valence-electron chi connectivity index (χ4n) is 2.22. The van der Waals surface area contributed by atoms with E-state index in [-0.39, 0.29) is 18.1 Å². The Kier molecular flexibility index (Phi) is 5.28. The number of carbonyl (C=O) groups is 1. The van der Waals surface area contributed by atoms with Crippen LogP contribution in [0.4, 0.5) is 10.1 Å². The Morgan fingerprint density at radius 2 is 1.73 bits per heavy atom. The van der Waals surface area contributed by atoms with Gasteiger partial charge in [0.05, 0.1) is 12.2 Å². The first-order chi connectivity index (χ1) is 10.4. The van der Waals surface area contributed by atoms with Crippen molar-refractivity contribution in [2.45, 2.75) is 20.4 Å². The van der Waals surface area contributed by atoms with Crippen LogP contribution in [0.15, 0.2) is 42.5 Å². The largest absolute Gasteiger partial charge is 0.322 e. The summed E-state index contributed by atoms with van der Waals surface area (Å²) in [5.41, 5.74) is 3.40. The zero-order valence-corrected chi connectivity index (χ0v) is 13.2. The number of carbonyl (C=O) groups excluding carboxylic acids is 1. The number of hydrogen-bond acceptors (Lipinski definition) is 2. The lowest BCUT2D eigenvalue weighted by Crippen LogP contribution is -2.30. The van der Waals surface area contributed by atoms with Crippen LogP contribution >= 0.6 is 0 Å². The second kappa shape index (κ2) is 7.18. The molecule has 3 nitrogen and oxygen atoms in total. The minimum atomic E-state index is -0.408. The average Bonchev–Trinajstić information content (AvgIpc) is 2.44.